The number of rotatable bonds is 6. The number of piperidine rings is 1. The van der Waals surface area contributed by atoms with Gasteiger partial charge in [0.1, 0.15) is 11.5 Å². The molecule has 3 heterocycles. The maximum absolute atomic E-state index is 14.0. The van der Waals surface area contributed by atoms with Crippen LogP contribution in [0.2, 0.25) is 0 Å². The molecule has 10 heteroatoms. The van der Waals surface area contributed by atoms with Gasteiger partial charge in [0, 0.05) is 24.2 Å². The molecule has 4 rings (SSSR count). The Morgan fingerprint density at radius 1 is 1.16 bits per heavy atom. The molecule has 166 valence electrons. The normalized spacial score (nSPS) is 23.6. The lowest BCUT2D eigenvalue weighted by Crippen LogP contribution is -2.52. The molecule has 2 bridgehead atoms. The third-order valence-corrected chi connectivity index (χ3v) is 6.35. The van der Waals surface area contributed by atoms with Crippen molar-refractivity contribution < 1.29 is 22.8 Å². The van der Waals surface area contributed by atoms with E-state index < -0.39 is 29.4 Å². The smallest absolute Gasteiger partial charge is 0.269 e. The summed E-state index contributed by atoms with van der Waals surface area (Å²) in [6.07, 6.45) is 5.86. The first kappa shape index (κ1) is 21.4. The van der Waals surface area contributed by atoms with Crippen LogP contribution in [0.4, 0.5) is 13.2 Å². The van der Waals surface area contributed by atoms with Crippen molar-refractivity contribution in [3.63, 3.8) is 0 Å². The van der Waals surface area contributed by atoms with Crippen LogP contribution in [0.5, 0.6) is 0 Å². The molecule has 1 aromatic carbocycles. The van der Waals surface area contributed by atoms with Crippen molar-refractivity contribution in [2.75, 3.05) is 6.54 Å². The van der Waals surface area contributed by atoms with Gasteiger partial charge >= 0.3 is 0 Å². The van der Waals surface area contributed by atoms with E-state index in [1.807, 2.05) is 4.90 Å². The summed E-state index contributed by atoms with van der Waals surface area (Å²) in [5, 5.41) is 2.60. The van der Waals surface area contributed by atoms with Gasteiger partial charge in [0.15, 0.2) is 11.6 Å². The molecule has 31 heavy (non-hydrogen) atoms. The summed E-state index contributed by atoms with van der Waals surface area (Å²) >= 11 is 0. The summed E-state index contributed by atoms with van der Waals surface area (Å²) in [5.41, 5.74) is 6.65. The minimum absolute atomic E-state index is 0.00107. The van der Waals surface area contributed by atoms with Gasteiger partial charge in [-0.3, -0.25) is 9.59 Å². The quantitative estimate of drug-likeness (QED) is 0.603. The Balaban J connectivity index is 1.35. The molecule has 2 aromatic rings. The van der Waals surface area contributed by atoms with E-state index in [1.165, 1.54) is 12.5 Å². The fourth-order valence-corrected chi connectivity index (χ4v) is 4.84. The lowest BCUT2D eigenvalue weighted by molar-refractivity contribution is -0.135. The van der Waals surface area contributed by atoms with Crippen LogP contribution in [-0.2, 0) is 11.2 Å². The second-order valence-corrected chi connectivity index (χ2v) is 8.29. The van der Waals surface area contributed by atoms with Crippen molar-refractivity contribution in [1.29, 1.82) is 0 Å². The van der Waals surface area contributed by atoms with Gasteiger partial charge in [-0.25, -0.2) is 18.2 Å². The van der Waals surface area contributed by atoms with Gasteiger partial charge < -0.3 is 20.9 Å². The highest BCUT2D eigenvalue weighted by Crippen LogP contribution is 2.40. The molecule has 7 nitrogen and oxygen atoms in total. The number of carbonyl (C=O) groups excluding carboxylic acids is 2. The number of halogens is 3. The summed E-state index contributed by atoms with van der Waals surface area (Å²) in [6, 6.07) is 0.974. The van der Waals surface area contributed by atoms with Crippen molar-refractivity contribution in [2.24, 2.45) is 11.7 Å². The van der Waals surface area contributed by atoms with Gasteiger partial charge in [-0.1, -0.05) is 0 Å². The summed E-state index contributed by atoms with van der Waals surface area (Å²) in [6.45, 7) is -0.109. The van der Waals surface area contributed by atoms with Crippen molar-refractivity contribution in [3.05, 3.63) is 53.4 Å². The molecule has 4 atom stereocenters. The number of benzene rings is 1. The van der Waals surface area contributed by atoms with Crippen LogP contribution in [0, 0.1) is 23.4 Å². The molecule has 0 aliphatic carbocycles. The molecule has 2 amide bonds. The third-order valence-electron chi connectivity index (χ3n) is 6.35. The predicted molar refractivity (Wildman–Crippen MR) is 105 cm³/mol. The zero-order valence-electron chi connectivity index (χ0n) is 16.8. The largest absolute Gasteiger partial charge is 0.342 e. The van der Waals surface area contributed by atoms with E-state index in [4.69, 9.17) is 5.73 Å². The Hall–Kier alpha value is -2.88. The number of hydrogen-bond acceptors (Lipinski definition) is 4. The van der Waals surface area contributed by atoms with Crippen LogP contribution in [0.3, 0.4) is 0 Å². The molecule has 2 aliphatic heterocycles. The number of aromatic nitrogens is 2. The zero-order valence-corrected chi connectivity index (χ0v) is 16.8. The first-order valence-corrected chi connectivity index (χ1v) is 10.3. The maximum atomic E-state index is 14.0. The summed E-state index contributed by atoms with van der Waals surface area (Å²) < 4.78 is 40.6. The molecule has 1 aromatic heterocycles. The fraction of sp³-hybridized carbons (Fsp3) is 0.476. The lowest BCUT2D eigenvalue weighted by atomic mass is 9.82. The Morgan fingerprint density at radius 3 is 2.48 bits per heavy atom. The number of amides is 2. The molecule has 4 N–H and O–H groups in total. The van der Waals surface area contributed by atoms with Gasteiger partial charge in [-0.2, -0.15) is 0 Å². The van der Waals surface area contributed by atoms with E-state index in [1.54, 1.807) is 0 Å². The molecular weight excluding hydrogens is 411 g/mol. The Bertz CT molecular complexity index is 954. The van der Waals surface area contributed by atoms with Crippen molar-refractivity contribution in [3.8, 4) is 0 Å². The van der Waals surface area contributed by atoms with Gasteiger partial charge in [0.25, 0.3) is 5.91 Å². The second kappa shape index (κ2) is 8.70. The number of H-pyrrole nitrogens is 1. The lowest BCUT2D eigenvalue weighted by Gasteiger charge is -2.41. The van der Waals surface area contributed by atoms with Crippen LogP contribution in [0.15, 0.2) is 24.7 Å². The monoisotopic (exact) mass is 435 g/mol. The number of nitrogens with one attached hydrogen (secondary N) is 2. The highest BCUT2D eigenvalue weighted by molar-refractivity contribution is 5.94. The SMILES string of the molecule is NC(Cc1cc(F)c(F)cc1F)C1CC2CC[C@@H](C1)N2C(=O)CNC(=O)c1cnc[nH]1. The third kappa shape index (κ3) is 4.43. The van der Waals surface area contributed by atoms with Gasteiger partial charge in [0.05, 0.1) is 19.1 Å². The first-order valence-electron chi connectivity index (χ1n) is 10.3. The van der Waals surface area contributed by atoms with Crippen LogP contribution in [0.1, 0.15) is 41.7 Å². The number of imidazole rings is 1. The standard InChI is InChI=1S/C21H24F3N5O2/c22-15-7-17(24)16(23)5-11(15)6-18(25)12-3-13-1-2-14(4-12)29(13)20(30)9-27-21(31)19-8-26-10-28-19/h5,7-8,10,12-14,18H,1-4,6,9,25H2,(H,26,28)(H,27,31)/t12?,13-,14?,18?/m0/s1. The molecule has 2 fully saturated rings. The Kier molecular flexibility index (Phi) is 5.99. The molecule has 2 saturated heterocycles. The minimum Gasteiger partial charge on any atom is -0.342 e. The average molecular weight is 435 g/mol. The van der Waals surface area contributed by atoms with Crippen LogP contribution < -0.4 is 11.1 Å². The molecule has 3 unspecified atom stereocenters. The molecule has 0 saturated carbocycles. The summed E-state index contributed by atoms with van der Waals surface area (Å²) in [5.74, 6) is -3.64. The highest BCUT2D eigenvalue weighted by Gasteiger charge is 2.44. The Labute approximate surface area is 177 Å². The highest BCUT2D eigenvalue weighted by atomic mass is 19.2. The van der Waals surface area contributed by atoms with E-state index in [-0.39, 0.29) is 48.1 Å². The first-order chi connectivity index (χ1) is 14.8. The predicted octanol–water partition coefficient (Wildman–Crippen LogP) is 1.90. The van der Waals surface area contributed by atoms with Crippen molar-refractivity contribution >= 4 is 11.8 Å². The van der Waals surface area contributed by atoms with Crippen LogP contribution in [-0.4, -0.2) is 51.4 Å². The zero-order chi connectivity index (χ0) is 22.1. The number of carbonyl (C=O) groups is 2. The van der Waals surface area contributed by atoms with Crippen LogP contribution >= 0.6 is 0 Å². The molecule has 0 radical (unpaired) electrons. The van der Waals surface area contributed by atoms with Gasteiger partial charge in [-0.15, -0.1) is 0 Å². The van der Waals surface area contributed by atoms with E-state index in [2.05, 4.69) is 15.3 Å². The van der Waals surface area contributed by atoms with Gasteiger partial charge in [0.2, 0.25) is 5.91 Å². The molecular formula is C21H24F3N5O2. The van der Waals surface area contributed by atoms with E-state index in [0.717, 1.165) is 18.9 Å². The van der Waals surface area contributed by atoms with Crippen molar-refractivity contribution in [2.45, 2.75) is 50.2 Å². The number of nitrogens with zero attached hydrogens (tertiary/aromatic N) is 2. The molecule has 0 spiro atoms. The number of aromatic amines is 1. The topological polar surface area (TPSA) is 104 Å². The Morgan fingerprint density at radius 2 is 1.84 bits per heavy atom. The van der Waals surface area contributed by atoms with E-state index in [0.29, 0.717) is 18.9 Å². The second-order valence-electron chi connectivity index (χ2n) is 8.29. The molecule has 2 aliphatic rings. The summed E-state index contributed by atoms with van der Waals surface area (Å²) in [4.78, 5) is 33.0. The number of fused-ring (bicyclic) bond motifs is 2. The maximum Gasteiger partial charge on any atom is 0.269 e. The van der Waals surface area contributed by atoms with Crippen LogP contribution in [0.25, 0.3) is 0 Å². The van der Waals surface area contributed by atoms with Gasteiger partial charge in [-0.05, 0) is 49.7 Å². The van der Waals surface area contributed by atoms with Crippen molar-refractivity contribution in [1.82, 2.24) is 20.2 Å². The number of nitrogens with two attached hydrogens (primary N) is 1. The fourth-order valence-electron chi connectivity index (χ4n) is 4.84. The number of hydrogen-bond donors (Lipinski definition) is 3. The summed E-state index contributed by atoms with van der Waals surface area (Å²) in [7, 11) is 0. The van der Waals surface area contributed by atoms with E-state index in [9.17, 15) is 22.8 Å². The minimum atomic E-state index is -1.22. The average Bonchev–Trinajstić information content (AvgIpc) is 3.36. The van der Waals surface area contributed by atoms with E-state index >= 15 is 0 Å².